The fraction of sp³-hybridized carbons (Fsp3) is 0. The van der Waals surface area contributed by atoms with Crippen LogP contribution in [0.1, 0.15) is 0 Å². The van der Waals surface area contributed by atoms with E-state index in [1.165, 1.54) is 109 Å². The minimum absolute atomic E-state index is 0.913. The minimum Gasteiger partial charge on any atom is -0.456 e. The van der Waals surface area contributed by atoms with E-state index in [4.69, 9.17) is 4.42 Å². The first-order chi connectivity index (χ1) is 34.2. The van der Waals surface area contributed by atoms with E-state index < -0.39 is 0 Å². The maximum atomic E-state index is 6.11. The van der Waals surface area contributed by atoms with Crippen LogP contribution in [-0.2, 0) is 0 Å². The Hall–Kier alpha value is -9.18. The number of benzene rings is 12. The predicted molar refractivity (Wildman–Crippen MR) is 291 cm³/mol. The van der Waals surface area contributed by atoms with Crippen LogP contribution >= 0.6 is 0 Å². The van der Waals surface area contributed by atoms with E-state index in [1.807, 2.05) is 12.1 Å². The van der Waals surface area contributed by atoms with E-state index in [1.54, 1.807) is 0 Å². The lowest BCUT2D eigenvalue weighted by atomic mass is 9.94. The molecule has 0 radical (unpaired) electrons. The third-order valence-electron chi connectivity index (χ3n) is 14.7. The molecular formula is C66H40N2O. The van der Waals surface area contributed by atoms with Crippen LogP contribution in [0.25, 0.3) is 143 Å². The first kappa shape index (κ1) is 38.0. The smallest absolute Gasteiger partial charge is 0.135 e. The third-order valence-corrected chi connectivity index (χ3v) is 14.7. The summed E-state index contributed by atoms with van der Waals surface area (Å²) < 4.78 is 10.9. The first-order valence-corrected chi connectivity index (χ1v) is 23.7. The van der Waals surface area contributed by atoms with Crippen LogP contribution in [0.3, 0.4) is 0 Å². The third kappa shape index (κ3) is 5.74. The Labute approximate surface area is 396 Å². The van der Waals surface area contributed by atoms with Crippen LogP contribution in [0.15, 0.2) is 247 Å². The van der Waals surface area contributed by atoms with Gasteiger partial charge in [0, 0.05) is 43.7 Å². The van der Waals surface area contributed by atoms with Gasteiger partial charge >= 0.3 is 0 Å². The predicted octanol–water partition coefficient (Wildman–Crippen LogP) is 18.2. The molecule has 320 valence electrons. The molecule has 0 saturated heterocycles. The van der Waals surface area contributed by atoms with E-state index >= 15 is 0 Å². The second-order valence-electron chi connectivity index (χ2n) is 18.4. The largest absolute Gasteiger partial charge is 0.456 e. The molecule has 0 bridgehead atoms. The van der Waals surface area contributed by atoms with Crippen molar-refractivity contribution in [1.29, 1.82) is 0 Å². The summed E-state index contributed by atoms with van der Waals surface area (Å²) in [4.78, 5) is 0. The van der Waals surface area contributed by atoms with Gasteiger partial charge in [-0.25, -0.2) is 0 Å². The molecule has 0 saturated carbocycles. The van der Waals surface area contributed by atoms with Gasteiger partial charge in [-0.1, -0.05) is 164 Å². The average molecular weight is 877 g/mol. The van der Waals surface area contributed by atoms with Crippen molar-refractivity contribution in [3.05, 3.63) is 243 Å². The zero-order valence-electron chi connectivity index (χ0n) is 37.4. The zero-order chi connectivity index (χ0) is 45.2. The highest BCUT2D eigenvalue weighted by Crippen LogP contribution is 2.41. The minimum atomic E-state index is 0.913. The van der Waals surface area contributed by atoms with Gasteiger partial charge in [-0.2, -0.15) is 0 Å². The SMILES string of the molecule is c1ccc2c(c1)oc1ccc(-c3ccc(-n4c5ccccc5c5cc(-c6ccc(-c7ccc8c(c7)c7ccccc7n8-c7ccc8c9ccccc9c9ccccc9c8c7)cc6)ccc54)cc3)cc12. The van der Waals surface area contributed by atoms with Crippen molar-refractivity contribution in [2.45, 2.75) is 0 Å². The summed E-state index contributed by atoms with van der Waals surface area (Å²) in [6.45, 7) is 0. The van der Waals surface area contributed by atoms with Gasteiger partial charge in [0.2, 0.25) is 0 Å². The number of para-hydroxylation sites is 3. The fourth-order valence-corrected chi connectivity index (χ4v) is 11.5. The van der Waals surface area contributed by atoms with Crippen molar-refractivity contribution in [2.24, 2.45) is 0 Å². The molecule has 0 N–H and O–H groups in total. The summed E-state index contributed by atoms with van der Waals surface area (Å²) in [5.74, 6) is 0. The summed E-state index contributed by atoms with van der Waals surface area (Å²) in [6, 6.07) is 88.9. The van der Waals surface area contributed by atoms with Crippen LogP contribution in [0.2, 0.25) is 0 Å². The highest BCUT2D eigenvalue weighted by Gasteiger charge is 2.18. The van der Waals surface area contributed by atoms with Crippen molar-refractivity contribution in [3.63, 3.8) is 0 Å². The van der Waals surface area contributed by atoms with Crippen molar-refractivity contribution < 1.29 is 4.42 Å². The highest BCUT2D eigenvalue weighted by atomic mass is 16.3. The Morgan fingerprint density at radius 2 is 0.565 bits per heavy atom. The molecule has 0 fully saturated rings. The molecule has 15 aromatic rings. The van der Waals surface area contributed by atoms with Gasteiger partial charge in [0.15, 0.2) is 0 Å². The average Bonchev–Trinajstić information content (AvgIpc) is 4.08. The van der Waals surface area contributed by atoms with Crippen LogP contribution in [0.5, 0.6) is 0 Å². The second-order valence-corrected chi connectivity index (χ2v) is 18.4. The lowest BCUT2D eigenvalue weighted by Crippen LogP contribution is -1.94. The Bertz CT molecular complexity index is 4550. The molecule has 0 amide bonds. The molecule has 0 atom stereocenters. The Morgan fingerprint density at radius 3 is 1.13 bits per heavy atom. The van der Waals surface area contributed by atoms with Crippen LogP contribution in [-0.4, -0.2) is 9.13 Å². The van der Waals surface area contributed by atoms with Gasteiger partial charge in [-0.05, 0) is 145 Å². The molecule has 3 aromatic heterocycles. The zero-order valence-corrected chi connectivity index (χ0v) is 37.4. The lowest BCUT2D eigenvalue weighted by Gasteiger charge is -2.14. The summed E-state index contributed by atoms with van der Waals surface area (Å²) in [6.07, 6.45) is 0. The van der Waals surface area contributed by atoms with Crippen molar-refractivity contribution in [1.82, 2.24) is 9.13 Å². The van der Waals surface area contributed by atoms with E-state index in [0.29, 0.717) is 0 Å². The van der Waals surface area contributed by atoms with Crippen molar-refractivity contribution in [3.8, 4) is 44.8 Å². The number of rotatable bonds is 5. The molecule has 0 aliphatic rings. The molecule has 0 spiro atoms. The van der Waals surface area contributed by atoms with Gasteiger partial charge in [0.1, 0.15) is 11.2 Å². The summed E-state index contributed by atoms with van der Waals surface area (Å²) in [5, 5.41) is 15.0. The molecular weight excluding hydrogens is 837 g/mol. The molecule has 0 unspecified atom stereocenters. The molecule has 3 heterocycles. The first-order valence-electron chi connectivity index (χ1n) is 23.7. The molecule has 12 aromatic carbocycles. The number of furan rings is 1. The summed E-state index contributed by atoms with van der Waals surface area (Å²) in [5.41, 5.74) is 16.1. The van der Waals surface area contributed by atoms with Crippen LogP contribution in [0, 0.1) is 0 Å². The van der Waals surface area contributed by atoms with Gasteiger partial charge in [-0.3, -0.25) is 0 Å². The van der Waals surface area contributed by atoms with Gasteiger partial charge in [-0.15, -0.1) is 0 Å². The molecule has 15 rings (SSSR count). The van der Waals surface area contributed by atoms with Gasteiger partial charge < -0.3 is 13.6 Å². The Morgan fingerprint density at radius 1 is 0.203 bits per heavy atom. The van der Waals surface area contributed by atoms with E-state index in [0.717, 1.165) is 33.3 Å². The van der Waals surface area contributed by atoms with Crippen molar-refractivity contribution in [2.75, 3.05) is 0 Å². The van der Waals surface area contributed by atoms with Crippen molar-refractivity contribution >= 4 is 97.9 Å². The topological polar surface area (TPSA) is 23.0 Å². The molecule has 3 nitrogen and oxygen atoms in total. The van der Waals surface area contributed by atoms with E-state index in [-0.39, 0.29) is 0 Å². The maximum Gasteiger partial charge on any atom is 0.135 e. The molecule has 69 heavy (non-hydrogen) atoms. The number of hydrogen-bond acceptors (Lipinski definition) is 1. The number of hydrogen-bond donors (Lipinski definition) is 0. The Balaban J connectivity index is 0.773. The summed E-state index contributed by atoms with van der Waals surface area (Å²) >= 11 is 0. The molecule has 0 aliphatic heterocycles. The monoisotopic (exact) mass is 876 g/mol. The Kier molecular flexibility index (Phi) is 8.07. The van der Waals surface area contributed by atoms with Gasteiger partial charge in [0.25, 0.3) is 0 Å². The quantitative estimate of drug-likeness (QED) is 0.158. The summed E-state index contributed by atoms with van der Waals surface area (Å²) in [7, 11) is 0. The van der Waals surface area contributed by atoms with E-state index in [2.05, 4.69) is 240 Å². The van der Waals surface area contributed by atoms with Crippen LogP contribution < -0.4 is 0 Å². The highest BCUT2D eigenvalue weighted by molar-refractivity contribution is 6.26. The standard InChI is InChI=1S/C66H40N2O/c1-2-13-51-49(11-1)50-12-3-4-14-52(50)57-40-48(32-33-53(51)57)68-62-19-9-6-16-55(62)59-38-45(28-35-64(59)68)42-23-21-41(22-24-42)44-27-34-63-58(37-44)54-15-5-8-18-61(54)67(63)47-30-25-43(26-31-47)46-29-36-66-60(39-46)56-17-7-10-20-65(56)69-66/h1-40H. The van der Waals surface area contributed by atoms with Crippen LogP contribution in [0.4, 0.5) is 0 Å². The lowest BCUT2D eigenvalue weighted by molar-refractivity contribution is 0.669. The second kappa shape index (κ2) is 14.7. The molecule has 0 aliphatic carbocycles. The number of aromatic nitrogens is 2. The number of fused-ring (bicyclic) bond motifs is 15. The molecule has 3 heteroatoms. The fourth-order valence-electron chi connectivity index (χ4n) is 11.5. The normalized spacial score (nSPS) is 12.1. The maximum absolute atomic E-state index is 6.11. The van der Waals surface area contributed by atoms with Gasteiger partial charge in [0.05, 0.1) is 22.1 Å². The number of nitrogens with zero attached hydrogens (tertiary/aromatic N) is 2. The van der Waals surface area contributed by atoms with E-state index in [9.17, 15) is 0 Å².